The van der Waals surface area contributed by atoms with Crippen molar-refractivity contribution >= 4 is 11.6 Å². The molecule has 0 saturated carbocycles. The maximum atomic E-state index is 5.83. The summed E-state index contributed by atoms with van der Waals surface area (Å²) in [5, 5.41) is 4.14. The summed E-state index contributed by atoms with van der Waals surface area (Å²) in [6.45, 7) is 2.63. The highest BCUT2D eigenvalue weighted by molar-refractivity contribution is 6.19. The van der Waals surface area contributed by atoms with Gasteiger partial charge in [-0.1, -0.05) is 17.9 Å². The van der Waals surface area contributed by atoms with E-state index in [9.17, 15) is 0 Å². The van der Waals surface area contributed by atoms with E-state index in [2.05, 4.69) is 16.9 Å². The third-order valence-electron chi connectivity index (χ3n) is 2.96. The molecule has 0 saturated heterocycles. The third-order valence-corrected chi connectivity index (χ3v) is 3.10. The van der Waals surface area contributed by atoms with Crippen LogP contribution in [0.3, 0.4) is 0 Å². The van der Waals surface area contributed by atoms with E-state index >= 15 is 0 Å². The molecule has 0 amide bonds. The number of nitrogens with zero attached hydrogens (tertiary/aromatic N) is 2. The molecule has 0 fully saturated rings. The van der Waals surface area contributed by atoms with Crippen molar-refractivity contribution in [1.29, 1.82) is 0 Å². The number of alkyl halides is 1. The molecule has 20 heavy (non-hydrogen) atoms. The van der Waals surface area contributed by atoms with Gasteiger partial charge < -0.3 is 4.74 Å². The molecule has 0 bridgehead atoms. The average molecular weight is 289 g/mol. The molecule has 0 N–H and O–H groups in total. The first-order valence-electron chi connectivity index (χ1n) is 6.46. The fourth-order valence-electron chi connectivity index (χ4n) is 1.91. The highest BCUT2D eigenvalue weighted by Crippen LogP contribution is 2.19. The van der Waals surface area contributed by atoms with Crippen molar-refractivity contribution in [3.05, 3.63) is 47.3 Å². The van der Waals surface area contributed by atoms with Crippen LogP contribution in [0.15, 0.2) is 30.5 Å². The Kier molecular flexibility index (Phi) is 5.09. The summed E-state index contributed by atoms with van der Waals surface area (Å²) in [4.78, 5) is 0. The van der Waals surface area contributed by atoms with Gasteiger partial charge >= 0.3 is 0 Å². The zero-order chi connectivity index (χ0) is 14.4. The lowest BCUT2D eigenvalue weighted by molar-refractivity contribution is 0.317. The molecule has 0 aliphatic carbocycles. The van der Waals surface area contributed by atoms with Crippen LogP contribution in [0.1, 0.15) is 16.8 Å². The number of benzene rings is 1. The van der Waals surface area contributed by atoms with Crippen LogP contribution in [0.25, 0.3) is 0 Å². The van der Waals surface area contributed by atoms with E-state index in [0.29, 0.717) is 12.5 Å². The monoisotopic (exact) mass is 288 g/mol. The van der Waals surface area contributed by atoms with Gasteiger partial charge in [0.15, 0.2) is 0 Å². The van der Waals surface area contributed by atoms with Gasteiger partial charge in [0.1, 0.15) is 5.75 Å². The number of hydrogen-bond donors (Lipinski definition) is 0. The first kappa shape index (κ1) is 14.5. The van der Waals surface area contributed by atoms with Crippen LogP contribution in [0, 0.1) is 18.8 Å². The van der Waals surface area contributed by atoms with Gasteiger partial charge in [0.05, 0.1) is 18.1 Å². The Bertz CT molecular complexity index is 637. The lowest BCUT2D eigenvalue weighted by Gasteiger charge is -2.09. The van der Waals surface area contributed by atoms with Gasteiger partial charge in [-0.15, -0.1) is 11.6 Å². The molecule has 4 heteroatoms. The van der Waals surface area contributed by atoms with Crippen molar-refractivity contribution < 1.29 is 4.74 Å². The van der Waals surface area contributed by atoms with E-state index in [0.717, 1.165) is 29.0 Å². The Morgan fingerprint density at radius 2 is 2.20 bits per heavy atom. The van der Waals surface area contributed by atoms with Gasteiger partial charge in [-0.25, -0.2) is 0 Å². The highest BCUT2D eigenvalue weighted by atomic mass is 35.5. The molecule has 0 radical (unpaired) electrons. The van der Waals surface area contributed by atoms with E-state index in [1.807, 2.05) is 42.9 Å². The molecule has 104 valence electrons. The first-order chi connectivity index (χ1) is 9.70. The zero-order valence-electron chi connectivity index (χ0n) is 11.7. The van der Waals surface area contributed by atoms with E-state index in [-0.39, 0.29) is 0 Å². The lowest BCUT2D eigenvalue weighted by Crippen LogP contribution is -2.06. The minimum Gasteiger partial charge on any atom is -0.492 e. The van der Waals surface area contributed by atoms with Crippen molar-refractivity contribution in [2.75, 3.05) is 12.5 Å². The number of hydrogen-bond acceptors (Lipinski definition) is 2. The van der Waals surface area contributed by atoms with Gasteiger partial charge in [0, 0.05) is 25.4 Å². The fourth-order valence-corrected chi connectivity index (χ4v) is 1.97. The number of aromatic nitrogens is 2. The molecule has 0 unspecified atom stereocenters. The topological polar surface area (TPSA) is 27.1 Å². The quantitative estimate of drug-likeness (QED) is 0.639. The normalized spacial score (nSPS) is 9.95. The molecule has 3 nitrogen and oxygen atoms in total. The minimum atomic E-state index is 0.322. The van der Waals surface area contributed by atoms with E-state index in [1.165, 1.54) is 0 Å². The molecule has 1 aromatic heterocycles. The summed E-state index contributed by atoms with van der Waals surface area (Å²) in [7, 11) is 1.93. The molecule has 2 aromatic rings. The van der Waals surface area contributed by atoms with Crippen molar-refractivity contribution in [2.24, 2.45) is 7.05 Å². The minimum absolute atomic E-state index is 0.322. The van der Waals surface area contributed by atoms with Gasteiger partial charge in [-0.05, 0) is 30.7 Å². The van der Waals surface area contributed by atoms with Crippen LogP contribution in [0.4, 0.5) is 0 Å². The van der Waals surface area contributed by atoms with Crippen LogP contribution in [-0.4, -0.2) is 22.3 Å². The number of ether oxygens (including phenoxy) is 1. The molecule has 0 aliphatic heterocycles. The predicted octanol–water partition coefficient (Wildman–Crippen LogP) is 2.94. The van der Waals surface area contributed by atoms with E-state index in [4.69, 9.17) is 16.3 Å². The summed E-state index contributed by atoms with van der Waals surface area (Å²) in [6.07, 6.45) is 2.60. The summed E-state index contributed by atoms with van der Waals surface area (Å²) in [6, 6.07) is 7.98. The Morgan fingerprint density at radius 3 is 2.90 bits per heavy atom. The molecule has 1 aromatic carbocycles. The number of aryl methyl sites for hydroxylation is 2. The fraction of sp³-hybridized carbons (Fsp3) is 0.312. The van der Waals surface area contributed by atoms with Gasteiger partial charge in [0.25, 0.3) is 0 Å². The predicted molar refractivity (Wildman–Crippen MR) is 81.2 cm³/mol. The van der Waals surface area contributed by atoms with Crippen molar-refractivity contribution in [1.82, 2.24) is 9.78 Å². The molecule has 0 spiro atoms. The number of halogens is 1. The molecule has 0 aliphatic rings. The zero-order valence-corrected chi connectivity index (χ0v) is 12.4. The summed E-state index contributed by atoms with van der Waals surface area (Å²) in [5.41, 5.74) is 3.18. The Hall–Kier alpha value is -1.92. The van der Waals surface area contributed by atoms with Crippen LogP contribution in [-0.2, 0) is 13.5 Å². The second-order valence-corrected chi connectivity index (χ2v) is 4.75. The van der Waals surface area contributed by atoms with Crippen LogP contribution in [0.5, 0.6) is 5.75 Å². The average Bonchev–Trinajstić information content (AvgIpc) is 2.84. The molecule has 1 heterocycles. The van der Waals surface area contributed by atoms with E-state index in [1.54, 1.807) is 6.20 Å². The second-order valence-electron chi connectivity index (χ2n) is 4.48. The lowest BCUT2D eigenvalue weighted by atomic mass is 10.1. The van der Waals surface area contributed by atoms with Crippen LogP contribution in [0.2, 0.25) is 0 Å². The molecular weight excluding hydrogens is 272 g/mol. The van der Waals surface area contributed by atoms with Crippen molar-refractivity contribution in [3.63, 3.8) is 0 Å². The van der Waals surface area contributed by atoms with Crippen molar-refractivity contribution in [2.45, 2.75) is 13.3 Å². The first-order valence-corrected chi connectivity index (χ1v) is 6.99. The third kappa shape index (κ3) is 3.79. The molecule has 0 atom stereocenters. The Balaban J connectivity index is 2.03. The Labute approximate surface area is 124 Å². The second kappa shape index (κ2) is 7.02. The van der Waals surface area contributed by atoms with Crippen molar-refractivity contribution in [3.8, 4) is 17.6 Å². The van der Waals surface area contributed by atoms with E-state index < -0.39 is 0 Å². The van der Waals surface area contributed by atoms with Crippen LogP contribution < -0.4 is 4.74 Å². The summed E-state index contributed by atoms with van der Waals surface area (Å²) < 4.78 is 7.68. The smallest absolute Gasteiger partial charge is 0.134 e. The van der Waals surface area contributed by atoms with Gasteiger partial charge in [-0.3, -0.25) is 4.68 Å². The SMILES string of the molecule is Cc1ccc(OCCc2ccnn2C)c(C#CCCl)c1. The van der Waals surface area contributed by atoms with Crippen LogP contribution >= 0.6 is 11.6 Å². The highest BCUT2D eigenvalue weighted by Gasteiger charge is 2.03. The summed E-state index contributed by atoms with van der Waals surface area (Å²) >= 11 is 5.61. The standard InChI is InChI=1S/C16H17ClN2O/c1-13-5-6-16(14(12-13)4-3-9-17)20-11-8-15-7-10-18-19(15)2/h5-7,10,12H,8-9,11H2,1-2H3. The maximum Gasteiger partial charge on any atom is 0.134 e. The largest absolute Gasteiger partial charge is 0.492 e. The van der Waals surface area contributed by atoms with Gasteiger partial charge in [-0.2, -0.15) is 5.10 Å². The molecule has 2 rings (SSSR count). The molecular formula is C16H17ClN2O. The summed E-state index contributed by atoms with van der Waals surface area (Å²) in [5.74, 6) is 7.02. The maximum absolute atomic E-state index is 5.83. The Morgan fingerprint density at radius 1 is 1.35 bits per heavy atom. The number of rotatable bonds is 4. The van der Waals surface area contributed by atoms with Gasteiger partial charge in [0.2, 0.25) is 0 Å².